The van der Waals surface area contributed by atoms with Crippen molar-refractivity contribution < 1.29 is 14.1 Å². The molecule has 1 amide bonds. The molecule has 0 unspecified atom stereocenters. The van der Waals surface area contributed by atoms with Crippen LogP contribution in [0.3, 0.4) is 0 Å². The van der Waals surface area contributed by atoms with Crippen molar-refractivity contribution in [1.82, 2.24) is 15.0 Å². The van der Waals surface area contributed by atoms with E-state index >= 15 is 0 Å². The fourth-order valence-electron chi connectivity index (χ4n) is 3.97. The second-order valence-electron chi connectivity index (χ2n) is 8.56. The van der Waals surface area contributed by atoms with Crippen molar-refractivity contribution in [3.63, 3.8) is 0 Å². The summed E-state index contributed by atoms with van der Waals surface area (Å²) in [6, 6.07) is 19.6. The predicted molar refractivity (Wildman–Crippen MR) is 136 cm³/mol. The van der Waals surface area contributed by atoms with Gasteiger partial charge in [0, 0.05) is 11.8 Å². The third-order valence-electron chi connectivity index (χ3n) is 6.00. The Morgan fingerprint density at radius 1 is 1.00 bits per heavy atom. The van der Waals surface area contributed by atoms with Crippen LogP contribution in [0.15, 0.2) is 71.1 Å². The van der Waals surface area contributed by atoms with Gasteiger partial charge < -0.3 is 9.73 Å². The Balaban J connectivity index is 1.40. The van der Waals surface area contributed by atoms with Crippen LogP contribution in [0, 0.1) is 24.0 Å². The number of aryl methyl sites for hydroxylation is 3. The van der Waals surface area contributed by atoms with Crippen molar-refractivity contribution in [3.8, 4) is 17.0 Å². The minimum atomic E-state index is -0.471. The molecular weight excluding hydrogens is 458 g/mol. The normalized spacial score (nSPS) is 11.1. The van der Waals surface area contributed by atoms with Crippen molar-refractivity contribution in [2.24, 2.45) is 0 Å². The van der Waals surface area contributed by atoms with Crippen LogP contribution < -0.4 is 5.32 Å². The molecule has 0 radical (unpaired) electrons. The van der Waals surface area contributed by atoms with Gasteiger partial charge in [-0.05, 0) is 79.4 Å². The zero-order valence-corrected chi connectivity index (χ0v) is 20.0. The summed E-state index contributed by atoms with van der Waals surface area (Å²) in [5.74, 6) is -0.184. The largest absolute Gasteiger partial charge is 0.451 e. The predicted octanol–water partition coefficient (Wildman–Crippen LogP) is 6.02. The molecule has 0 atom stereocenters. The maximum absolute atomic E-state index is 12.9. The van der Waals surface area contributed by atoms with Gasteiger partial charge in [-0.1, -0.05) is 25.1 Å². The number of anilines is 1. The summed E-state index contributed by atoms with van der Waals surface area (Å²) in [5, 5.41) is 23.4. The number of aromatic nitrogens is 3. The average molecular weight is 482 g/mol. The SMILES string of the molecule is CCc1ccc(-n2nc3cc(C)c(NC(=O)c4ccc(-c5ccc(C)cc5[N+](=O)[O-])o4)cc3n2)cc1. The Kier molecular flexibility index (Phi) is 5.81. The second-order valence-corrected chi connectivity index (χ2v) is 8.56. The highest BCUT2D eigenvalue weighted by Crippen LogP contribution is 2.32. The Bertz CT molecular complexity index is 1620. The third kappa shape index (κ3) is 4.34. The lowest BCUT2D eigenvalue weighted by atomic mass is 10.1. The minimum Gasteiger partial charge on any atom is -0.451 e. The molecule has 0 aliphatic carbocycles. The van der Waals surface area contributed by atoms with E-state index in [1.54, 1.807) is 36.0 Å². The number of nitro benzene ring substituents is 1. The smallest absolute Gasteiger partial charge is 0.291 e. The lowest BCUT2D eigenvalue weighted by molar-refractivity contribution is -0.384. The molecular formula is C27H23N5O4. The van der Waals surface area contributed by atoms with E-state index in [9.17, 15) is 14.9 Å². The Morgan fingerprint density at radius 3 is 2.42 bits per heavy atom. The number of fused-ring (bicyclic) bond motifs is 1. The minimum absolute atomic E-state index is 0.0408. The number of nitrogens with zero attached hydrogens (tertiary/aromatic N) is 4. The van der Waals surface area contributed by atoms with Crippen molar-refractivity contribution in [2.45, 2.75) is 27.2 Å². The van der Waals surface area contributed by atoms with Gasteiger partial charge in [-0.15, -0.1) is 10.2 Å². The summed E-state index contributed by atoms with van der Waals surface area (Å²) in [6.45, 7) is 5.74. The Morgan fingerprint density at radius 2 is 1.72 bits per heavy atom. The van der Waals surface area contributed by atoms with Gasteiger partial charge in [0.05, 0.1) is 16.2 Å². The van der Waals surface area contributed by atoms with E-state index in [1.807, 2.05) is 37.3 Å². The Hall–Kier alpha value is -4.79. The molecule has 9 nitrogen and oxygen atoms in total. The fraction of sp³-hybridized carbons (Fsp3) is 0.148. The van der Waals surface area contributed by atoms with Crippen LogP contribution in [0.4, 0.5) is 11.4 Å². The summed E-state index contributed by atoms with van der Waals surface area (Å²) in [5.41, 5.74) is 5.79. The number of furan rings is 1. The van der Waals surface area contributed by atoms with Gasteiger partial charge in [-0.2, -0.15) is 4.80 Å². The molecule has 2 heterocycles. The van der Waals surface area contributed by atoms with Crippen LogP contribution in [0.2, 0.25) is 0 Å². The van der Waals surface area contributed by atoms with Gasteiger partial charge >= 0.3 is 0 Å². The summed E-state index contributed by atoms with van der Waals surface area (Å²) < 4.78 is 5.69. The zero-order valence-electron chi connectivity index (χ0n) is 20.0. The first-order valence-electron chi connectivity index (χ1n) is 11.5. The number of nitrogens with one attached hydrogen (secondary N) is 1. The molecule has 0 saturated carbocycles. The molecule has 5 aromatic rings. The molecule has 5 rings (SSSR count). The van der Waals surface area contributed by atoms with Crippen molar-refractivity contribution in [3.05, 3.63) is 99.3 Å². The maximum atomic E-state index is 12.9. The van der Waals surface area contributed by atoms with Crippen molar-refractivity contribution in [1.29, 1.82) is 0 Å². The van der Waals surface area contributed by atoms with E-state index in [2.05, 4.69) is 22.4 Å². The van der Waals surface area contributed by atoms with E-state index in [0.717, 1.165) is 23.2 Å². The van der Waals surface area contributed by atoms with Gasteiger partial charge in [-0.25, -0.2) is 0 Å². The summed E-state index contributed by atoms with van der Waals surface area (Å²) >= 11 is 0. The first-order valence-corrected chi connectivity index (χ1v) is 11.5. The van der Waals surface area contributed by atoms with E-state index in [4.69, 9.17) is 4.42 Å². The lowest BCUT2D eigenvalue weighted by Gasteiger charge is -2.06. The molecule has 1 N–H and O–H groups in total. The highest BCUT2D eigenvalue weighted by molar-refractivity contribution is 6.04. The van der Waals surface area contributed by atoms with Crippen LogP contribution in [-0.4, -0.2) is 25.8 Å². The highest BCUT2D eigenvalue weighted by Gasteiger charge is 2.21. The number of nitro groups is 1. The molecule has 0 bridgehead atoms. The number of rotatable bonds is 6. The summed E-state index contributed by atoms with van der Waals surface area (Å²) in [7, 11) is 0. The van der Waals surface area contributed by atoms with Crippen molar-refractivity contribution >= 4 is 28.3 Å². The highest BCUT2D eigenvalue weighted by atomic mass is 16.6. The summed E-state index contributed by atoms with van der Waals surface area (Å²) in [6.07, 6.45) is 0.954. The number of benzene rings is 3. The second kappa shape index (κ2) is 9.10. The molecule has 9 heteroatoms. The molecule has 180 valence electrons. The van der Waals surface area contributed by atoms with Gasteiger partial charge in [0.2, 0.25) is 0 Å². The lowest BCUT2D eigenvalue weighted by Crippen LogP contribution is -2.11. The van der Waals surface area contributed by atoms with Crippen molar-refractivity contribution in [2.75, 3.05) is 5.32 Å². The topological polar surface area (TPSA) is 116 Å². The van der Waals surface area contributed by atoms with Gasteiger partial charge in [0.25, 0.3) is 11.6 Å². The molecule has 0 saturated heterocycles. The Labute approximate surface area is 206 Å². The van der Waals surface area contributed by atoms with Gasteiger partial charge in [0.1, 0.15) is 16.8 Å². The first-order chi connectivity index (χ1) is 17.3. The van der Waals surface area contributed by atoms with Crippen LogP contribution in [0.5, 0.6) is 0 Å². The van der Waals surface area contributed by atoms with Crippen LogP contribution >= 0.6 is 0 Å². The van der Waals surface area contributed by atoms with Crippen LogP contribution in [0.1, 0.15) is 34.2 Å². The molecule has 0 aliphatic rings. The van der Waals surface area contributed by atoms with E-state index in [0.29, 0.717) is 22.3 Å². The molecule has 0 spiro atoms. The number of hydrogen-bond acceptors (Lipinski definition) is 6. The number of carbonyl (C=O) groups is 1. The standard InChI is InChI=1S/C27H23N5O4/c1-4-18-6-8-19(9-7-18)31-29-22-14-17(3)21(15-23(22)30-31)28-27(33)26-12-11-25(36-26)20-10-5-16(2)13-24(20)32(34)35/h5-15H,4H2,1-3H3,(H,28,33). The third-order valence-corrected chi connectivity index (χ3v) is 6.00. The van der Waals surface area contributed by atoms with E-state index in [-0.39, 0.29) is 17.2 Å². The monoisotopic (exact) mass is 481 g/mol. The van der Waals surface area contributed by atoms with Crippen LogP contribution in [-0.2, 0) is 6.42 Å². The van der Waals surface area contributed by atoms with Gasteiger partial charge in [0.15, 0.2) is 5.76 Å². The molecule has 36 heavy (non-hydrogen) atoms. The first kappa shape index (κ1) is 23.0. The maximum Gasteiger partial charge on any atom is 0.291 e. The van der Waals surface area contributed by atoms with E-state index in [1.165, 1.54) is 17.7 Å². The number of hydrogen-bond donors (Lipinski definition) is 1. The molecule has 3 aromatic carbocycles. The summed E-state index contributed by atoms with van der Waals surface area (Å²) in [4.78, 5) is 25.5. The molecule has 2 aromatic heterocycles. The van der Waals surface area contributed by atoms with E-state index < -0.39 is 10.8 Å². The number of amides is 1. The molecule has 0 fully saturated rings. The van der Waals surface area contributed by atoms with Gasteiger partial charge in [-0.3, -0.25) is 14.9 Å². The zero-order chi connectivity index (χ0) is 25.4. The van der Waals surface area contributed by atoms with Crippen LogP contribution in [0.25, 0.3) is 28.0 Å². The fourth-order valence-corrected chi connectivity index (χ4v) is 3.97. The number of carbonyl (C=O) groups excluding carboxylic acids is 1. The average Bonchev–Trinajstić information content (AvgIpc) is 3.52. The quantitative estimate of drug-likeness (QED) is 0.234. The molecule has 0 aliphatic heterocycles.